The Kier molecular flexibility index (Phi) is 7.94. The molecule has 0 radical (unpaired) electrons. The van der Waals surface area contributed by atoms with Crippen LogP contribution < -0.4 is 0 Å². The molecular weight excluding hydrogens is 781 g/mol. The Morgan fingerprint density at radius 1 is 0.381 bits per heavy atom. The van der Waals surface area contributed by atoms with E-state index >= 15 is 0 Å². The van der Waals surface area contributed by atoms with Gasteiger partial charge in [-0.15, -0.1) is 11.3 Å². The molecule has 0 unspecified atom stereocenters. The number of benzene rings is 10. The predicted octanol–water partition coefficient (Wildman–Crippen LogP) is 17.4. The van der Waals surface area contributed by atoms with E-state index in [2.05, 4.69) is 229 Å². The van der Waals surface area contributed by atoms with Gasteiger partial charge in [0, 0.05) is 58.7 Å². The van der Waals surface area contributed by atoms with Crippen molar-refractivity contribution in [3.63, 3.8) is 0 Å². The summed E-state index contributed by atoms with van der Waals surface area (Å²) in [7, 11) is 0. The summed E-state index contributed by atoms with van der Waals surface area (Å²) >= 11 is 1.91. The molecule has 10 aromatic carbocycles. The molecule has 0 aliphatic rings. The van der Waals surface area contributed by atoms with Gasteiger partial charge in [-0.05, 0) is 124 Å². The van der Waals surface area contributed by atoms with Crippen molar-refractivity contribution in [1.82, 2.24) is 9.13 Å². The Bertz CT molecular complexity index is 4080. The van der Waals surface area contributed by atoms with Crippen LogP contribution in [0, 0.1) is 0 Å². The third kappa shape index (κ3) is 5.30. The normalized spacial score (nSPS) is 12.5. The molecule has 296 valence electrons. The average Bonchev–Trinajstić information content (AvgIpc) is 3.99. The first-order valence-electron chi connectivity index (χ1n) is 21.8. The van der Waals surface area contributed by atoms with Crippen LogP contribution in [0.1, 0.15) is 25.0 Å². The lowest BCUT2D eigenvalue weighted by molar-refractivity contribution is 1.18. The summed E-state index contributed by atoms with van der Waals surface area (Å²) < 4.78 is 7.59. The largest absolute Gasteiger partial charge is 0.309 e. The third-order valence-corrected chi connectivity index (χ3v) is 14.4. The monoisotopic (exact) mass is 820 g/mol. The second kappa shape index (κ2) is 13.9. The van der Waals surface area contributed by atoms with Gasteiger partial charge < -0.3 is 9.13 Å². The molecule has 0 aliphatic heterocycles. The van der Waals surface area contributed by atoms with Gasteiger partial charge in [0.05, 0.1) is 22.1 Å². The fourth-order valence-electron chi connectivity index (χ4n) is 10.6. The van der Waals surface area contributed by atoms with Crippen molar-refractivity contribution in [1.29, 1.82) is 0 Å². The lowest BCUT2D eigenvalue weighted by Crippen LogP contribution is -1.95. The number of rotatable bonds is 5. The number of hydrogen-bond acceptors (Lipinski definition) is 1. The lowest BCUT2D eigenvalue weighted by Gasteiger charge is -2.14. The highest BCUT2D eigenvalue weighted by Gasteiger charge is 2.23. The highest BCUT2D eigenvalue weighted by Crippen LogP contribution is 2.49. The molecule has 3 heterocycles. The fraction of sp³-hybridized carbons (Fsp3) is 0.0333. The Morgan fingerprint density at radius 2 is 0.952 bits per heavy atom. The van der Waals surface area contributed by atoms with Crippen LogP contribution >= 0.6 is 11.3 Å². The Morgan fingerprint density at radius 3 is 1.67 bits per heavy atom. The highest BCUT2D eigenvalue weighted by molar-refractivity contribution is 7.26. The highest BCUT2D eigenvalue weighted by atomic mass is 32.1. The van der Waals surface area contributed by atoms with Crippen LogP contribution in [0.4, 0.5) is 0 Å². The fourth-order valence-corrected chi connectivity index (χ4v) is 11.8. The molecule has 0 N–H and O–H groups in total. The van der Waals surface area contributed by atoms with Gasteiger partial charge >= 0.3 is 0 Å². The average molecular weight is 821 g/mol. The van der Waals surface area contributed by atoms with Gasteiger partial charge in [-0.1, -0.05) is 146 Å². The molecule has 13 aromatic rings. The second-order valence-electron chi connectivity index (χ2n) is 16.7. The number of thiophene rings is 1. The Labute approximate surface area is 368 Å². The molecule has 0 fully saturated rings. The van der Waals surface area contributed by atoms with E-state index < -0.39 is 0 Å². The number of aromatic nitrogens is 2. The van der Waals surface area contributed by atoms with E-state index in [1.54, 1.807) is 0 Å². The van der Waals surface area contributed by atoms with E-state index in [4.69, 9.17) is 0 Å². The molecule has 0 amide bonds. The van der Waals surface area contributed by atoms with Crippen molar-refractivity contribution >= 4 is 120 Å². The van der Waals surface area contributed by atoms with Crippen LogP contribution in [0.5, 0.6) is 0 Å². The minimum Gasteiger partial charge on any atom is -0.309 e. The minimum atomic E-state index is 1.16. The molecule has 0 atom stereocenters. The molecule has 0 aliphatic carbocycles. The van der Waals surface area contributed by atoms with Crippen molar-refractivity contribution in [3.8, 4) is 22.5 Å². The summed E-state index contributed by atoms with van der Waals surface area (Å²) in [6.07, 6.45) is 8.65. The second-order valence-corrected chi connectivity index (χ2v) is 17.8. The summed E-state index contributed by atoms with van der Waals surface area (Å²) in [5, 5.41) is 15.3. The van der Waals surface area contributed by atoms with Crippen LogP contribution in [-0.4, -0.2) is 9.13 Å². The number of para-hydroxylation sites is 2. The van der Waals surface area contributed by atoms with E-state index in [-0.39, 0.29) is 0 Å². The zero-order valence-electron chi connectivity index (χ0n) is 34.9. The molecular formula is C60H40N2S. The topological polar surface area (TPSA) is 9.86 Å². The molecule has 0 saturated heterocycles. The summed E-state index contributed by atoms with van der Waals surface area (Å²) in [4.78, 5) is 0. The van der Waals surface area contributed by atoms with Gasteiger partial charge in [-0.25, -0.2) is 0 Å². The Hall–Kier alpha value is -7.72. The summed E-state index contributed by atoms with van der Waals surface area (Å²) in [5.41, 5.74) is 12.1. The van der Waals surface area contributed by atoms with Gasteiger partial charge in [-0.2, -0.15) is 0 Å². The SMILES string of the molecule is C/C=C/c1cccc(-n2c3ccccc3c3cc(-c4ccc5c6ccccc6n(-c6ccc7c8ccccc8c8ccccc8c7c6)c5c4)c4sc5ccc(/C=C/C)cc5c4c32)c1. The van der Waals surface area contributed by atoms with Crippen LogP contribution in [-0.2, 0) is 0 Å². The van der Waals surface area contributed by atoms with Crippen molar-refractivity contribution < 1.29 is 0 Å². The van der Waals surface area contributed by atoms with E-state index in [1.807, 2.05) is 11.3 Å². The van der Waals surface area contributed by atoms with Gasteiger partial charge in [0.15, 0.2) is 0 Å². The smallest absolute Gasteiger partial charge is 0.0634 e. The standard InChI is InChI=1S/C60H40N2S/c1-3-14-37-16-13-17-40(32-37)62-55-25-12-10-23-48(55)52-36-50(60-58(59(52)62)53-33-38(15-4-2)26-31-57(53)63-60)39-27-29-49-47-22-9-11-24-54(47)61(56(49)34-39)41-28-30-46-44-20-6-5-18-42(44)43-19-7-8-21-45(43)51(46)35-41/h3-36H,1-2H3/b14-3+,15-4+. The van der Waals surface area contributed by atoms with Gasteiger partial charge in [0.1, 0.15) is 0 Å². The molecule has 13 rings (SSSR count). The first-order chi connectivity index (χ1) is 31.2. The van der Waals surface area contributed by atoms with E-state index in [0.717, 1.165) is 11.4 Å². The van der Waals surface area contributed by atoms with Crippen molar-refractivity contribution in [3.05, 3.63) is 205 Å². The minimum absolute atomic E-state index is 1.16. The zero-order chi connectivity index (χ0) is 41.8. The molecule has 0 bridgehead atoms. The zero-order valence-corrected chi connectivity index (χ0v) is 35.7. The Balaban J connectivity index is 1.13. The molecule has 3 aromatic heterocycles. The summed E-state index contributed by atoms with van der Waals surface area (Å²) in [6, 6.07) is 68.1. The van der Waals surface area contributed by atoms with Crippen LogP contribution in [0.25, 0.3) is 131 Å². The molecule has 3 heteroatoms. The van der Waals surface area contributed by atoms with Crippen LogP contribution in [0.15, 0.2) is 194 Å². The first-order valence-corrected chi connectivity index (χ1v) is 22.6. The maximum atomic E-state index is 2.51. The summed E-state index contributed by atoms with van der Waals surface area (Å²) in [6.45, 7) is 4.18. The number of allylic oxidation sites excluding steroid dienone is 2. The van der Waals surface area contributed by atoms with Gasteiger partial charge in [0.2, 0.25) is 0 Å². The van der Waals surface area contributed by atoms with Crippen LogP contribution in [0.2, 0.25) is 0 Å². The third-order valence-electron chi connectivity index (χ3n) is 13.2. The van der Waals surface area contributed by atoms with E-state index in [1.165, 1.54) is 118 Å². The quantitative estimate of drug-likeness (QED) is 0.153. The van der Waals surface area contributed by atoms with Crippen molar-refractivity contribution in [2.45, 2.75) is 13.8 Å². The number of fused-ring (bicyclic) bond motifs is 16. The maximum Gasteiger partial charge on any atom is 0.0634 e. The molecule has 2 nitrogen and oxygen atoms in total. The van der Waals surface area contributed by atoms with E-state index in [9.17, 15) is 0 Å². The predicted molar refractivity (Wildman–Crippen MR) is 275 cm³/mol. The van der Waals surface area contributed by atoms with E-state index in [0.29, 0.717) is 0 Å². The van der Waals surface area contributed by atoms with Crippen molar-refractivity contribution in [2.75, 3.05) is 0 Å². The summed E-state index contributed by atoms with van der Waals surface area (Å²) in [5.74, 6) is 0. The number of nitrogens with zero attached hydrogens (tertiary/aromatic N) is 2. The van der Waals surface area contributed by atoms with Crippen LogP contribution in [0.3, 0.4) is 0 Å². The van der Waals surface area contributed by atoms with Crippen molar-refractivity contribution in [2.24, 2.45) is 0 Å². The molecule has 0 spiro atoms. The lowest BCUT2D eigenvalue weighted by atomic mass is 9.94. The first kappa shape index (κ1) is 36.0. The molecule has 63 heavy (non-hydrogen) atoms. The maximum absolute atomic E-state index is 2.51. The van der Waals surface area contributed by atoms with Gasteiger partial charge in [-0.3, -0.25) is 0 Å². The van der Waals surface area contributed by atoms with Gasteiger partial charge in [0.25, 0.3) is 0 Å². The molecule has 0 saturated carbocycles. The number of hydrogen-bond donors (Lipinski definition) is 0.